The van der Waals surface area contributed by atoms with E-state index < -0.39 is 0 Å². The Morgan fingerprint density at radius 3 is 2.07 bits per heavy atom. The highest BCUT2D eigenvalue weighted by Gasteiger charge is 2.47. The van der Waals surface area contributed by atoms with Gasteiger partial charge < -0.3 is 5.32 Å². The molecule has 0 bridgehead atoms. The van der Waals surface area contributed by atoms with Crippen molar-refractivity contribution >= 4 is 17.4 Å². The van der Waals surface area contributed by atoms with E-state index in [2.05, 4.69) is 68.6 Å². The fourth-order valence-corrected chi connectivity index (χ4v) is 4.65. The van der Waals surface area contributed by atoms with E-state index in [-0.39, 0.29) is 17.0 Å². The van der Waals surface area contributed by atoms with Crippen LogP contribution >= 0.6 is 0 Å². The highest BCUT2D eigenvalue weighted by atomic mass is 16.2. The van der Waals surface area contributed by atoms with Crippen LogP contribution in [0, 0.1) is 0 Å². The minimum atomic E-state index is -0.349. The summed E-state index contributed by atoms with van der Waals surface area (Å²) >= 11 is 0. The molecule has 0 aliphatic carbocycles. The Bertz CT molecular complexity index is 982. The Hall–Kier alpha value is -3.07. The molecule has 3 heteroatoms. The number of benzene rings is 3. The van der Waals surface area contributed by atoms with E-state index in [1.807, 2.05) is 47.4 Å². The highest BCUT2D eigenvalue weighted by Crippen LogP contribution is 2.50. The first-order valence-electron chi connectivity index (χ1n) is 9.73. The lowest BCUT2D eigenvalue weighted by Gasteiger charge is -2.51. The monoisotopic (exact) mass is 370 g/mol. The third-order valence-electron chi connectivity index (χ3n) is 5.77. The Kier molecular flexibility index (Phi) is 4.46. The lowest BCUT2D eigenvalue weighted by Crippen LogP contribution is -2.57. The smallest absolute Gasteiger partial charge is 0.308 e. The van der Waals surface area contributed by atoms with Crippen molar-refractivity contribution in [3.05, 3.63) is 96.1 Å². The Balaban J connectivity index is 1.80. The summed E-state index contributed by atoms with van der Waals surface area (Å²) in [7, 11) is 0. The van der Waals surface area contributed by atoms with Gasteiger partial charge in [0, 0.05) is 16.6 Å². The number of hydrogen-bond donors (Lipinski definition) is 1. The number of carbonyl (C=O) groups excluding carboxylic acids is 1. The zero-order chi connectivity index (χ0) is 19.8. The summed E-state index contributed by atoms with van der Waals surface area (Å²) in [5.41, 5.74) is 3.72. The fraction of sp³-hybridized carbons (Fsp3) is 0.240. The van der Waals surface area contributed by atoms with Crippen LogP contribution in [0.15, 0.2) is 84.9 Å². The summed E-state index contributed by atoms with van der Waals surface area (Å²) in [4.78, 5) is 15.2. The number of anilines is 2. The predicted molar refractivity (Wildman–Crippen MR) is 116 cm³/mol. The minimum absolute atomic E-state index is 0.0984. The van der Waals surface area contributed by atoms with E-state index in [0.29, 0.717) is 0 Å². The van der Waals surface area contributed by atoms with Crippen molar-refractivity contribution in [1.29, 1.82) is 0 Å². The van der Waals surface area contributed by atoms with Crippen molar-refractivity contribution in [2.75, 3.05) is 10.2 Å². The molecule has 1 heterocycles. The first-order chi connectivity index (χ1) is 13.4. The summed E-state index contributed by atoms with van der Waals surface area (Å²) in [5.74, 6) is 0. The van der Waals surface area contributed by atoms with Gasteiger partial charge >= 0.3 is 6.03 Å². The topological polar surface area (TPSA) is 32.3 Å². The SMILES string of the molecule is CC1(C)C[C@@](C)(c2ccccc2)c2ccccc2N1C(=O)Nc1ccccc1. The molecule has 142 valence electrons. The van der Waals surface area contributed by atoms with Gasteiger partial charge in [-0.25, -0.2) is 4.79 Å². The first-order valence-corrected chi connectivity index (χ1v) is 9.73. The van der Waals surface area contributed by atoms with Gasteiger partial charge in [0.15, 0.2) is 0 Å². The molecular formula is C25H26N2O. The zero-order valence-electron chi connectivity index (χ0n) is 16.6. The van der Waals surface area contributed by atoms with Crippen molar-refractivity contribution in [3.63, 3.8) is 0 Å². The maximum absolute atomic E-state index is 13.3. The summed E-state index contributed by atoms with van der Waals surface area (Å²) in [6, 6.07) is 28.4. The number of amides is 2. The Morgan fingerprint density at radius 2 is 1.39 bits per heavy atom. The van der Waals surface area contributed by atoms with E-state index in [1.165, 1.54) is 11.1 Å². The number of hydrogen-bond acceptors (Lipinski definition) is 1. The standard InChI is InChI=1S/C25H26N2O/c1-24(2)18-25(3,19-12-6-4-7-13-19)21-16-10-11-17-22(21)27(24)23(28)26-20-14-8-5-9-15-20/h4-17H,18H2,1-3H3,(H,26,28)/t25-/m0/s1. The zero-order valence-corrected chi connectivity index (χ0v) is 16.6. The second-order valence-corrected chi connectivity index (χ2v) is 8.34. The Labute approximate surface area is 167 Å². The molecule has 3 aromatic rings. The molecule has 0 radical (unpaired) electrons. The molecule has 1 atom stereocenters. The van der Waals surface area contributed by atoms with Crippen molar-refractivity contribution < 1.29 is 4.79 Å². The molecule has 1 aliphatic rings. The molecule has 4 rings (SSSR count). The second-order valence-electron chi connectivity index (χ2n) is 8.34. The number of fused-ring (bicyclic) bond motifs is 1. The largest absolute Gasteiger partial charge is 0.326 e. The third kappa shape index (κ3) is 3.07. The summed E-state index contributed by atoms with van der Waals surface area (Å²) in [6.45, 7) is 6.58. The van der Waals surface area contributed by atoms with Crippen LogP contribution in [-0.2, 0) is 5.41 Å². The second kappa shape index (κ2) is 6.83. The van der Waals surface area contributed by atoms with Crippen LogP contribution < -0.4 is 10.2 Å². The minimum Gasteiger partial charge on any atom is -0.308 e. The fourth-order valence-electron chi connectivity index (χ4n) is 4.65. The van der Waals surface area contributed by atoms with E-state index in [4.69, 9.17) is 0 Å². The van der Waals surface area contributed by atoms with Crippen LogP contribution in [0.5, 0.6) is 0 Å². The van der Waals surface area contributed by atoms with E-state index in [9.17, 15) is 4.79 Å². The van der Waals surface area contributed by atoms with E-state index in [0.717, 1.165) is 17.8 Å². The van der Waals surface area contributed by atoms with Crippen molar-refractivity contribution in [2.45, 2.75) is 38.1 Å². The molecule has 3 aromatic carbocycles. The van der Waals surface area contributed by atoms with Crippen molar-refractivity contribution in [3.8, 4) is 0 Å². The predicted octanol–water partition coefficient (Wildman–Crippen LogP) is 6.21. The van der Waals surface area contributed by atoms with Gasteiger partial charge in [0.1, 0.15) is 0 Å². The van der Waals surface area contributed by atoms with Gasteiger partial charge in [0.2, 0.25) is 0 Å². The van der Waals surface area contributed by atoms with Gasteiger partial charge in [-0.3, -0.25) is 4.90 Å². The van der Waals surface area contributed by atoms with Gasteiger partial charge in [-0.15, -0.1) is 0 Å². The number of carbonyl (C=O) groups is 1. The summed E-state index contributed by atoms with van der Waals surface area (Å²) in [6.07, 6.45) is 0.837. The van der Waals surface area contributed by atoms with Crippen LogP contribution in [0.1, 0.15) is 38.3 Å². The first kappa shape index (κ1) is 18.3. The molecule has 1 N–H and O–H groups in total. The molecule has 0 unspecified atom stereocenters. The third-order valence-corrected chi connectivity index (χ3v) is 5.77. The molecule has 0 spiro atoms. The van der Waals surface area contributed by atoms with E-state index in [1.54, 1.807) is 0 Å². The number of nitrogens with zero attached hydrogens (tertiary/aromatic N) is 1. The Morgan fingerprint density at radius 1 is 0.821 bits per heavy atom. The van der Waals surface area contributed by atoms with E-state index >= 15 is 0 Å². The van der Waals surface area contributed by atoms with Gasteiger partial charge in [0.05, 0.1) is 5.69 Å². The molecule has 0 aromatic heterocycles. The molecule has 28 heavy (non-hydrogen) atoms. The lowest BCUT2D eigenvalue weighted by molar-refractivity contribution is 0.243. The maximum atomic E-state index is 13.3. The van der Waals surface area contributed by atoms with Crippen molar-refractivity contribution in [2.24, 2.45) is 0 Å². The van der Waals surface area contributed by atoms with Gasteiger partial charge in [0.25, 0.3) is 0 Å². The normalized spacial score (nSPS) is 20.3. The maximum Gasteiger partial charge on any atom is 0.326 e. The number of para-hydroxylation sites is 2. The quantitative estimate of drug-likeness (QED) is 0.571. The number of nitrogens with one attached hydrogen (secondary N) is 1. The highest BCUT2D eigenvalue weighted by molar-refractivity contribution is 6.04. The molecule has 3 nitrogen and oxygen atoms in total. The average Bonchev–Trinajstić information content (AvgIpc) is 2.69. The van der Waals surface area contributed by atoms with Gasteiger partial charge in [-0.05, 0) is 49.6 Å². The molecule has 0 saturated carbocycles. The number of rotatable bonds is 2. The van der Waals surface area contributed by atoms with Crippen molar-refractivity contribution in [1.82, 2.24) is 0 Å². The molecular weight excluding hydrogens is 344 g/mol. The summed E-state index contributed by atoms with van der Waals surface area (Å²) < 4.78 is 0. The lowest BCUT2D eigenvalue weighted by atomic mass is 9.65. The van der Waals surface area contributed by atoms with Crippen LogP contribution in [0.2, 0.25) is 0 Å². The molecule has 2 amide bonds. The van der Waals surface area contributed by atoms with Crippen LogP contribution in [-0.4, -0.2) is 11.6 Å². The molecule has 1 aliphatic heterocycles. The average molecular weight is 370 g/mol. The van der Waals surface area contributed by atoms with Crippen LogP contribution in [0.4, 0.5) is 16.2 Å². The number of urea groups is 1. The van der Waals surface area contributed by atoms with Crippen LogP contribution in [0.3, 0.4) is 0 Å². The molecule has 0 saturated heterocycles. The van der Waals surface area contributed by atoms with Gasteiger partial charge in [-0.2, -0.15) is 0 Å². The van der Waals surface area contributed by atoms with Gasteiger partial charge in [-0.1, -0.05) is 73.7 Å². The van der Waals surface area contributed by atoms with Crippen LogP contribution in [0.25, 0.3) is 0 Å². The summed E-state index contributed by atoms with van der Waals surface area (Å²) in [5, 5.41) is 3.06. The molecule has 0 fully saturated rings.